The molecular formula is C12H10N4O4. The van der Waals surface area contributed by atoms with E-state index in [-0.39, 0.29) is 17.2 Å². The molecule has 0 bridgehead atoms. The van der Waals surface area contributed by atoms with Gasteiger partial charge in [0, 0.05) is 12.3 Å². The molecule has 0 saturated carbocycles. The van der Waals surface area contributed by atoms with Gasteiger partial charge in [-0.2, -0.15) is 0 Å². The molecule has 0 saturated heterocycles. The van der Waals surface area contributed by atoms with Crippen LogP contribution in [0.3, 0.4) is 0 Å². The summed E-state index contributed by atoms with van der Waals surface area (Å²) in [5.74, 6) is -1.39. The molecule has 0 atom stereocenters. The van der Waals surface area contributed by atoms with Crippen molar-refractivity contribution in [2.45, 2.75) is 6.92 Å². The third-order valence-corrected chi connectivity index (χ3v) is 2.58. The molecule has 0 aliphatic heterocycles. The normalized spacial score (nSPS) is 10.1. The van der Waals surface area contributed by atoms with Crippen LogP contribution >= 0.6 is 0 Å². The minimum absolute atomic E-state index is 0.133. The number of aromatic carboxylic acids is 1. The highest BCUT2D eigenvalue weighted by atomic mass is 16.6. The Labute approximate surface area is 113 Å². The molecule has 0 aromatic carbocycles. The van der Waals surface area contributed by atoms with Crippen LogP contribution in [0.1, 0.15) is 16.1 Å². The Hall–Kier alpha value is -3.03. The number of pyridine rings is 2. The second-order valence-corrected chi connectivity index (χ2v) is 3.94. The Bertz CT molecular complexity index is 687. The van der Waals surface area contributed by atoms with Gasteiger partial charge < -0.3 is 10.4 Å². The Kier molecular flexibility index (Phi) is 3.56. The fraction of sp³-hybridized carbons (Fsp3) is 0.0833. The van der Waals surface area contributed by atoms with Gasteiger partial charge in [-0.05, 0) is 24.6 Å². The van der Waals surface area contributed by atoms with E-state index in [1.165, 1.54) is 6.20 Å². The second kappa shape index (κ2) is 5.31. The van der Waals surface area contributed by atoms with E-state index in [9.17, 15) is 14.9 Å². The molecule has 8 heteroatoms. The summed E-state index contributed by atoms with van der Waals surface area (Å²) in [6.07, 6.45) is 3.06. The Balaban J connectivity index is 2.48. The van der Waals surface area contributed by atoms with Gasteiger partial charge >= 0.3 is 11.7 Å². The third kappa shape index (κ3) is 2.69. The van der Waals surface area contributed by atoms with Crippen LogP contribution in [0.15, 0.2) is 30.6 Å². The molecule has 102 valence electrons. The summed E-state index contributed by atoms with van der Waals surface area (Å²) in [6, 6.07) is 3.90. The summed E-state index contributed by atoms with van der Waals surface area (Å²) >= 11 is 0. The molecule has 0 unspecified atom stereocenters. The van der Waals surface area contributed by atoms with E-state index in [0.717, 1.165) is 17.7 Å². The van der Waals surface area contributed by atoms with E-state index in [2.05, 4.69) is 15.3 Å². The predicted octanol–water partition coefficient (Wildman–Crippen LogP) is 2.14. The first-order valence-electron chi connectivity index (χ1n) is 5.55. The van der Waals surface area contributed by atoms with Crippen LogP contribution in [0.5, 0.6) is 0 Å². The summed E-state index contributed by atoms with van der Waals surface area (Å²) in [5.41, 5.74) is 0.736. The SMILES string of the molecule is Cc1ccncc1Nc1nc(C(=O)O)ccc1[N+](=O)[O-]. The van der Waals surface area contributed by atoms with Crippen molar-refractivity contribution in [3.63, 3.8) is 0 Å². The lowest BCUT2D eigenvalue weighted by atomic mass is 10.2. The highest BCUT2D eigenvalue weighted by Crippen LogP contribution is 2.26. The summed E-state index contributed by atoms with van der Waals surface area (Å²) in [7, 11) is 0. The molecule has 0 aliphatic rings. The maximum atomic E-state index is 10.9. The quantitative estimate of drug-likeness (QED) is 0.647. The molecule has 0 amide bonds. The number of anilines is 2. The number of carbonyl (C=O) groups is 1. The topological polar surface area (TPSA) is 118 Å². The number of nitrogens with zero attached hydrogens (tertiary/aromatic N) is 3. The molecule has 0 fully saturated rings. The number of nitrogens with one attached hydrogen (secondary N) is 1. The first-order valence-corrected chi connectivity index (χ1v) is 5.55. The van der Waals surface area contributed by atoms with Crippen LogP contribution in [-0.4, -0.2) is 26.0 Å². The van der Waals surface area contributed by atoms with Crippen LogP contribution < -0.4 is 5.32 Å². The molecule has 2 rings (SSSR count). The summed E-state index contributed by atoms with van der Waals surface area (Å²) < 4.78 is 0. The molecule has 0 aliphatic carbocycles. The van der Waals surface area contributed by atoms with E-state index in [1.807, 2.05) is 0 Å². The van der Waals surface area contributed by atoms with E-state index in [0.29, 0.717) is 5.69 Å². The average Bonchev–Trinajstić information content (AvgIpc) is 2.41. The molecule has 8 nitrogen and oxygen atoms in total. The molecule has 2 heterocycles. The molecule has 0 radical (unpaired) electrons. The highest BCUT2D eigenvalue weighted by Gasteiger charge is 2.19. The smallest absolute Gasteiger partial charge is 0.354 e. The van der Waals surface area contributed by atoms with E-state index < -0.39 is 10.9 Å². The molecule has 2 N–H and O–H groups in total. The summed E-state index contributed by atoms with van der Waals surface area (Å²) in [4.78, 5) is 28.8. The van der Waals surface area contributed by atoms with Gasteiger partial charge in [0.25, 0.3) is 0 Å². The zero-order valence-corrected chi connectivity index (χ0v) is 10.4. The number of rotatable bonds is 4. The summed E-state index contributed by atoms with van der Waals surface area (Å²) in [6.45, 7) is 1.79. The van der Waals surface area contributed by atoms with Crippen molar-refractivity contribution in [1.82, 2.24) is 9.97 Å². The second-order valence-electron chi connectivity index (χ2n) is 3.94. The lowest BCUT2D eigenvalue weighted by Gasteiger charge is -2.08. The Morgan fingerprint density at radius 3 is 2.75 bits per heavy atom. The van der Waals surface area contributed by atoms with Crippen molar-refractivity contribution >= 4 is 23.2 Å². The van der Waals surface area contributed by atoms with Gasteiger partial charge in [0.1, 0.15) is 0 Å². The van der Waals surface area contributed by atoms with E-state index in [4.69, 9.17) is 5.11 Å². The number of hydrogen-bond donors (Lipinski definition) is 2. The zero-order valence-electron chi connectivity index (χ0n) is 10.4. The number of aromatic nitrogens is 2. The number of carboxylic acid groups (broad SMARTS) is 1. The monoisotopic (exact) mass is 274 g/mol. The first kappa shape index (κ1) is 13.4. The highest BCUT2D eigenvalue weighted by molar-refractivity contribution is 5.87. The van der Waals surface area contributed by atoms with Crippen LogP contribution in [0, 0.1) is 17.0 Å². The van der Waals surface area contributed by atoms with Crippen LogP contribution in [0.25, 0.3) is 0 Å². The van der Waals surface area contributed by atoms with Crippen LogP contribution in [0.4, 0.5) is 17.2 Å². The predicted molar refractivity (Wildman–Crippen MR) is 70.1 cm³/mol. The van der Waals surface area contributed by atoms with Gasteiger partial charge in [0.2, 0.25) is 5.82 Å². The Morgan fingerprint density at radius 1 is 1.40 bits per heavy atom. The first-order chi connectivity index (χ1) is 9.49. The lowest BCUT2D eigenvalue weighted by molar-refractivity contribution is -0.384. The fourth-order valence-electron chi connectivity index (χ4n) is 1.53. The Morgan fingerprint density at radius 2 is 2.15 bits per heavy atom. The molecule has 0 spiro atoms. The maximum Gasteiger partial charge on any atom is 0.354 e. The van der Waals surface area contributed by atoms with Crippen molar-refractivity contribution in [3.8, 4) is 0 Å². The van der Waals surface area contributed by atoms with Crippen molar-refractivity contribution in [2.75, 3.05) is 5.32 Å². The minimum Gasteiger partial charge on any atom is -0.477 e. The number of carboxylic acids is 1. The third-order valence-electron chi connectivity index (χ3n) is 2.58. The zero-order chi connectivity index (χ0) is 14.7. The molecule has 2 aromatic heterocycles. The molecular weight excluding hydrogens is 264 g/mol. The largest absolute Gasteiger partial charge is 0.477 e. The minimum atomic E-state index is -1.26. The standard InChI is InChI=1S/C12H10N4O4/c1-7-4-5-13-6-9(7)15-11-10(16(19)20)3-2-8(14-11)12(17)18/h2-6H,1H3,(H,14,15)(H,17,18). The van der Waals surface area contributed by atoms with E-state index in [1.54, 1.807) is 19.2 Å². The lowest BCUT2D eigenvalue weighted by Crippen LogP contribution is -2.06. The van der Waals surface area contributed by atoms with Gasteiger partial charge in [0.15, 0.2) is 5.69 Å². The van der Waals surface area contributed by atoms with Gasteiger partial charge in [-0.1, -0.05) is 0 Å². The van der Waals surface area contributed by atoms with Crippen LogP contribution in [-0.2, 0) is 0 Å². The van der Waals surface area contributed by atoms with Crippen molar-refractivity contribution in [3.05, 3.63) is 52.0 Å². The molecule has 20 heavy (non-hydrogen) atoms. The van der Waals surface area contributed by atoms with Crippen LogP contribution in [0.2, 0.25) is 0 Å². The van der Waals surface area contributed by atoms with Gasteiger partial charge in [-0.3, -0.25) is 15.1 Å². The number of hydrogen-bond acceptors (Lipinski definition) is 6. The van der Waals surface area contributed by atoms with Crippen molar-refractivity contribution in [2.24, 2.45) is 0 Å². The van der Waals surface area contributed by atoms with Gasteiger partial charge in [-0.25, -0.2) is 9.78 Å². The van der Waals surface area contributed by atoms with Crippen molar-refractivity contribution < 1.29 is 14.8 Å². The van der Waals surface area contributed by atoms with E-state index >= 15 is 0 Å². The number of aryl methyl sites for hydroxylation is 1. The number of nitro groups is 1. The molecule has 2 aromatic rings. The average molecular weight is 274 g/mol. The van der Waals surface area contributed by atoms with Gasteiger partial charge in [-0.15, -0.1) is 0 Å². The maximum absolute atomic E-state index is 10.9. The van der Waals surface area contributed by atoms with Gasteiger partial charge in [0.05, 0.1) is 16.8 Å². The fourth-order valence-corrected chi connectivity index (χ4v) is 1.53. The summed E-state index contributed by atoms with van der Waals surface area (Å²) in [5, 5.41) is 22.6. The van der Waals surface area contributed by atoms with Crippen molar-refractivity contribution in [1.29, 1.82) is 0 Å².